The SMILES string of the molecule is Cc1ccn(C[C@@H](C)C(=O)NC2CCN(Cc3cc(-c4ccc(F)cc4)nn3C)CC2)n1. The quantitative estimate of drug-likeness (QED) is 0.615. The van der Waals surface area contributed by atoms with E-state index in [0.29, 0.717) is 6.54 Å². The maximum Gasteiger partial charge on any atom is 0.224 e. The summed E-state index contributed by atoms with van der Waals surface area (Å²) in [6.07, 6.45) is 3.78. The van der Waals surface area contributed by atoms with Crippen molar-refractivity contribution in [1.82, 2.24) is 29.8 Å². The van der Waals surface area contributed by atoms with E-state index in [1.807, 2.05) is 42.5 Å². The van der Waals surface area contributed by atoms with Gasteiger partial charge in [-0.15, -0.1) is 0 Å². The summed E-state index contributed by atoms with van der Waals surface area (Å²) in [7, 11) is 1.94. The van der Waals surface area contributed by atoms with E-state index in [4.69, 9.17) is 0 Å². The Bertz CT molecular complexity index is 1050. The molecule has 0 spiro atoms. The zero-order valence-electron chi connectivity index (χ0n) is 19.0. The van der Waals surface area contributed by atoms with Crippen LogP contribution in [-0.2, 0) is 24.9 Å². The Morgan fingerprint density at radius 1 is 1.19 bits per heavy atom. The molecule has 1 aromatic carbocycles. The van der Waals surface area contributed by atoms with Crippen molar-refractivity contribution in [3.05, 3.63) is 59.8 Å². The molecule has 1 N–H and O–H groups in total. The lowest BCUT2D eigenvalue weighted by molar-refractivity contribution is -0.126. The van der Waals surface area contributed by atoms with Gasteiger partial charge in [0.2, 0.25) is 5.91 Å². The Kier molecular flexibility index (Phi) is 6.69. The number of amides is 1. The van der Waals surface area contributed by atoms with E-state index in [1.54, 1.807) is 12.1 Å². The standard InChI is InChI=1S/C24H31FN6O/c1-17(15-31-13-8-18(2)27-31)24(32)26-21-9-11-30(12-10-21)16-22-14-23(28-29(22)3)19-4-6-20(25)7-5-19/h4-8,13-14,17,21H,9-12,15-16H2,1-3H3,(H,26,32)/t17-/m1/s1. The van der Waals surface area contributed by atoms with Crippen LogP contribution in [0, 0.1) is 18.7 Å². The van der Waals surface area contributed by atoms with E-state index in [9.17, 15) is 9.18 Å². The molecule has 2 aromatic heterocycles. The molecule has 0 saturated carbocycles. The summed E-state index contributed by atoms with van der Waals surface area (Å²) in [5, 5.41) is 12.2. The van der Waals surface area contributed by atoms with E-state index in [0.717, 1.165) is 55.1 Å². The average molecular weight is 439 g/mol. The van der Waals surface area contributed by atoms with Gasteiger partial charge in [0.1, 0.15) is 5.82 Å². The first-order chi connectivity index (χ1) is 15.4. The number of hydrogen-bond acceptors (Lipinski definition) is 4. The monoisotopic (exact) mass is 438 g/mol. The topological polar surface area (TPSA) is 68.0 Å². The van der Waals surface area contributed by atoms with E-state index in [2.05, 4.69) is 26.5 Å². The molecule has 32 heavy (non-hydrogen) atoms. The van der Waals surface area contributed by atoms with Gasteiger partial charge in [0, 0.05) is 44.5 Å². The van der Waals surface area contributed by atoms with E-state index >= 15 is 0 Å². The molecule has 1 saturated heterocycles. The van der Waals surface area contributed by atoms with Crippen LogP contribution >= 0.6 is 0 Å². The lowest BCUT2D eigenvalue weighted by Crippen LogP contribution is -2.46. The van der Waals surface area contributed by atoms with Gasteiger partial charge < -0.3 is 5.32 Å². The van der Waals surface area contributed by atoms with Crippen molar-refractivity contribution in [2.45, 2.75) is 45.8 Å². The van der Waals surface area contributed by atoms with Gasteiger partial charge in [0.05, 0.1) is 29.5 Å². The highest BCUT2D eigenvalue weighted by Crippen LogP contribution is 2.21. The second kappa shape index (κ2) is 9.65. The van der Waals surface area contributed by atoms with Crippen molar-refractivity contribution in [1.29, 1.82) is 0 Å². The Balaban J connectivity index is 1.26. The summed E-state index contributed by atoms with van der Waals surface area (Å²) < 4.78 is 16.9. The van der Waals surface area contributed by atoms with Gasteiger partial charge in [-0.25, -0.2) is 4.39 Å². The normalized spacial score (nSPS) is 16.2. The minimum Gasteiger partial charge on any atom is -0.353 e. The number of rotatable bonds is 7. The van der Waals surface area contributed by atoms with Gasteiger partial charge in [0.15, 0.2) is 0 Å². The number of carbonyl (C=O) groups excluding carboxylic acids is 1. The minimum atomic E-state index is -0.245. The summed E-state index contributed by atoms with van der Waals surface area (Å²) >= 11 is 0. The van der Waals surface area contributed by atoms with Gasteiger partial charge in [-0.3, -0.25) is 19.1 Å². The molecule has 1 aliphatic rings. The Morgan fingerprint density at radius 2 is 1.91 bits per heavy atom. The molecule has 1 aliphatic heterocycles. The summed E-state index contributed by atoms with van der Waals surface area (Å²) in [5.74, 6) is -0.274. The molecule has 7 nitrogen and oxygen atoms in total. The number of nitrogens with one attached hydrogen (secondary N) is 1. The van der Waals surface area contributed by atoms with E-state index < -0.39 is 0 Å². The smallest absolute Gasteiger partial charge is 0.224 e. The largest absolute Gasteiger partial charge is 0.353 e. The first-order valence-electron chi connectivity index (χ1n) is 11.2. The van der Waals surface area contributed by atoms with Crippen molar-refractivity contribution < 1.29 is 9.18 Å². The molecule has 170 valence electrons. The van der Waals surface area contributed by atoms with Crippen molar-refractivity contribution in [3.8, 4) is 11.3 Å². The van der Waals surface area contributed by atoms with Crippen LogP contribution in [0.5, 0.6) is 0 Å². The Hall–Kier alpha value is -3.00. The highest BCUT2D eigenvalue weighted by atomic mass is 19.1. The Labute approximate surface area is 188 Å². The van der Waals surface area contributed by atoms with Crippen molar-refractivity contribution >= 4 is 5.91 Å². The lowest BCUT2D eigenvalue weighted by atomic mass is 10.0. The third-order valence-electron chi connectivity index (χ3n) is 6.12. The van der Waals surface area contributed by atoms with Crippen LogP contribution in [0.2, 0.25) is 0 Å². The third kappa shape index (κ3) is 5.43. The molecular formula is C24H31FN6O. The van der Waals surface area contributed by atoms with Crippen molar-refractivity contribution in [2.24, 2.45) is 13.0 Å². The molecule has 0 bridgehead atoms. The maximum atomic E-state index is 13.2. The zero-order chi connectivity index (χ0) is 22.7. The molecule has 1 fully saturated rings. The number of benzene rings is 1. The van der Waals surface area contributed by atoms with Crippen LogP contribution in [0.4, 0.5) is 4.39 Å². The fourth-order valence-corrected chi connectivity index (χ4v) is 4.15. The predicted molar refractivity (Wildman–Crippen MR) is 121 cm³/mol. The number of piperidine rings is 1. The van der Waals surface area contributed by atoms with E-state index in [-0.39, 0.29) is 23.7 Å². The molecule has 0 radical (unpaired) electrons. The van der Waals surface area contributed by atoms with Crippen LogP contribution in [0.1, 0.15) is 31.2 Å². The molecule has 4 rings (SSSR count). The first-order valence-corrected chi connectivity index (χ1v) is 11.2. The number of likely N-dealkylation sites (tertiary alicyclic amines) is 1. The van der Waals surface area contributed by atoms with Gasteiger partial charge in [0.25, 0.3) is 0 Å². The van der Waals surface area contributed by atoms with Gasteiger partial charge in [-0.1, -0.05) is 6.92 Å². The highest BCUT2D eigenvalue weighted by molar-refractivity contribution is 5.78. The van der Waals surface area contributed by atoms with Gasteiger partial charge in [-0.2, -0.15) is 10.2 Å². The predicted octanol–water partition coefficient (Wildman–Crippen LogP) is 3.15. The number of carbonyl (C=O) groups is 1. The van der Waals surface area contributed by atoms with Gasteiger partial charge >= 0.3 is 0 Å². The number of halogens is 1. The van der Waals surface area contributed by atoms with Crippen LogP contribution in [-0.4, -0.2) is 49.5 Å². The summed E-state index contributed by atoms with van der Waals surface area (Å²) in [6, 6.07) is 10.7. The fraction of sp³-hybridized carbons (Fsp3) is 0.458. The second-order valence-electron chi connectivity index (χ2n) is 8.79. The van der Waals surface area contributed by atoms with Crippen molar-refractivity contribution in [3.63, 3.8) is 0 Å². The fourth-order valence-electron chi connectivity index (χ4n) is 4.15. The molecule has 0 unspecified atom stereocenters. The Morgan fingerprint density at radius 3 is 2.56 bits per heavy atom. The molecular weight excluding hydrogens is 407 g/mol. The summed E-state index contributed by atoms with van der Waals surface area (Å²) in [5.41, 5.74) is 3.85. The van der Waals surface area contributed by atoms with Crippen LogP contribution < -0.4 is 5.32 Å². The summed E-state index contributed by atoms with van der Waals surface area (Å²) in [4.78, 5) is 15.0. The maximum absolute atomic E-state index is 13.2. The summed E-state index contributed by atoms with van der Waals surface area (Å²) in [6.45, 7) is 7.14. The first kappa shape index (κ1) is 22.2. The molecule has 0 aliphatic carbocycles. The second-order valence-corrected chi connectivity index (χ2v) is 8.79. The molecule has 1 atom stereocenters. The number of nitrogens with zero attached hydrogens (tertiary/aromatic N) is 5. The number of aromatic nitrogens is 4. The van der Waals surface area contributed by atoms with Crippen LogP contribution in [0.3, 0.4) is 0 Å². The average Bonchev–Trinajstić information content (AvgIpc) is 3.35. The number of hydrogen-bond donors (Lipinski definition) is 1. The third-order valence-corrected chi connectivity index (χ3v) is 6.12. The van der Waals surface area contributed by atoms with Crippen LogP contribution in [0.25, 0.3) is 11.3 Å². The minimum absolute atomic E-state index is 0.0900. The number of aryl methyl sites for hydroxylation is 2. The molecule has 3 aromatic rings. The lowest BCUT2D eigenvalue weighted by Gasteiger charge is -2.32. The molecule has 8 heteroatoms. The van der Waals surface area contributed by atoms with E-state index in [1.165, 1.54) is 12.1 Å². The highest BCUT2D eigenvalue weighted by Gasteiger charge is 2.24. The zero-order valence-corrected chi connectivity index (χ0v) is 19.0. The molecule has 3 heterocycles. The van der Waals surface area contributed by atoms with Crippen LogP contribution in [0.15, 0.2) is 42.6 Å². The van der Waals surface area contributed by atoms with Crippen molar-refractivity contribution in [2.75, 3.05) is 13.1 Å². The molecule has 1 amide bonds. The van der Waals surface area contributed by atoms with Gasteiger partial charge in [-0.05, 0) is 56.2 Å².